The number of nitrogens with zero attached hydrogens (tertiary/aromatic N) is 2. The molecular formula is C18H17FN4O. The zero-order valence-electron chi connectivity index (χ0n) is 13.2. The molecule has 3 rings (SSSR count). The smallest absolute Gasteiger partial charge is 0.243 e. The maximum atomic E-state index is 13.1. The second-order valence-electron chi connectivity index (χ2n) is 5.36. The van der Waals surface area contributed by atoms with Gasteiger partial charge in [0.1, 0.15) is 5.82 Å². The minimum absolute atomic E-state index is 0.0832. The summed E-state index contributed by atoms with van der Waals surface area (Å²) in [5.41, 5.74) is 3.20. The van der Waals surface area contributed by atoms with Crippen LogP contribution in [0.25, 0.3) is 5.69 Å². The lowest BCUT2D eigenvalue weighted by Gasteiger charge is -2.12. The van der Waals surface area contributed by atoms with Crippen molar-refractivity contribution in [1.82, 2.24) is 9.78 Å². The van der Waals surface area contributed by atoms with Crippen molar-refractivity contribution in [2.45, 2.75) is 6.92 Å². The third kappa shape index (κ3) is 3.78. The maximum Gasteiger partial charge on any atom is 0.243 e. The Morgan fingerprint density at radius 2 is 2.08 bits per heavy atom. The van der Waals surface area contributed by atoms with Crippen molar-refractivity contribution in [3.05, 3.63) is 72.3 Å². The average Bonchev–Trinajstić information content (AvgIpc) is 3.08. The number of amides is 1. The van der Waals surface area contributed by atoms with Gasteiger partial charge in [0, 0.05) is 23.8 Å². The van der Waals surface area contributed by atoms with Gasteiger partial charge in [0.15, 0.2) is 0 Å². The van der Waals surface area contributed by atoms with E-state index in [1.165, 1.54) is 12.1 Å². The van der Waals surface area contributed by atoms with Crippen molar-refractivity contribution in [2.24, 2.45) is 0 Å². The molecule has 122 valence electrons. The molecule has 0 spiro atoms. The van der Waals surface area contributed by atoms with Gasteiger partial charge in [-0.1, -0.05) is 12.1 Å². The van der Waals surface area contributed by atoms with E-state index in [1.54, 1.807) is 23.0 Å². The molecule has 0 radical (unpaired) electrons. The minimum atomic E-state index is -0.386. The molecule has 6 heteroatoms. The van der Waals surface area contributed by atoms with Crippen molar-refractivity contribution in [3.63, 3.8) is 0 Å². The van der Waals surface area contributed by atoms with Crippen LogP contribution in [0, 0.1) is 12.7 Å². The number of halogens is 1. The Morgan fingerprint density at radius 1 is 1.21 bits per heavy atom. The van der Waals surface area contributed by atoms with Crippen molar-refractivity contribution >= 4 is 17.3 Å². The molecule has 0 bridgehead atoms. The predicted molar refractivity (Wildman–Crippen MR) is 91.8 cm³/mol. The molecule has 0 fully saturated rings. The van der Waals surface area contributed by atoms with Crippen LogP contribution in [0.3, 0.4) is 0 Å². The molecule has 0 aliphatic heterocycles. The summed E-state index contributed by atoms with van der Waals surface area (Å²) >= 11 is 0. The Morgan fingerprint density at radius 3 is 2.83 bits per heavy atom. The molecular weight excluding hydrogens is 307 g/mol. The van der Waals surface area contributed by atoms with E-state index in [2.05, 4.69) is 15.7 Å². The summed E-state index contributed by atoms with van der Waals surface area (Å²) in [6.07, 6.45) is 3.56. The molecule has 0 aliphatic carbocycles. The van der Waals surface area contributed by atoms with Crippen molar-refractivity contribution < 1.29 is 9.18 Å². The largest absolute Gasteiger partial charge is 0.376 e. The van der Waals surface area contributed by atoms with Gasteiger partial charge in [-0.2, -0.15) is 5.10 Å². The second-order valence-corrected chi connectivity index (χ2v) is 5.36. The summed E-state index contributed by atoms with van der Waals surface area (Å²) in [5.74, 6) is -0.631. The average molecular weight is 324 g/mol. The lowest BCUT2D eigenvalue weighted by atomic mass is 10.2. The molecule has 0 saturated heterocycles. The van der Waals surface area contributed by atoms with Crippen molar-refractivity contribution in [2.75, 3.05) is 17.2 Å². The van der Waals surface area contributed by atoms with E-state index in [-0.39, 0.29) is 18.3 Å². The van der Waals surface area contributed by atoms with Crippen LogP contribution in [-0.2, 0) is 4.79 Å². The summed E-state index contributed by atoms with van der Waals surface area (Å²) in [6.45, 7) is 2.04. The predicted octanol–water partition coefficient (Wildman–Crippen LogP) is 3.37. The fourth-order valence-electron chi connectivity index (χ4n) is 2.31. The minimum Gasteiger partial charge on any atom is -0.376 e. The van der Waals surface area contributed by atoms with E-state index >= 15 is 0 Å². The van der Waals surface area contributed by atoms with Gasteiger partial charge < -0.3 is 10.6 Å². The molecule has 24 heavy (non-hydrogen) atoms. The van der Waals surface area contributed by atoms with Crippen LogP contribution in [0.15, 0.2) is 60.9 Å². The van der Waals surface area contributed by atoms with Crippen LogP contribution in [0.1, 0.15) is 5.56 Å². The number of hydrogen-bond acceptors (Lipinski definition) is 3. The van der Waals surface area contributed by atoms with Crippen LogP contribution in [0.2, 0.25) is 0 Å². The van der Waals surface area contributed by atoms with Crippen LogP contribution < -0.4 is 10.6 Å². The van der Waals surface area contributed by atoms with Gasteiger partial charge >= 0.3 is 0 Å². The molecule has 0 unspecified atom stereocenters. The van der Waals surface area contributed by atoms with Gasteiger partial charge in [0.05, 0.1) is 12.2 Å². The van der Waals surface area contributed by atoms with Crippen LogP contribution in [0.4, 0.5) is 15.8 Å². The van der Waals surface area contributed by atoms with Gasteiger partial charge in [0.25, 0.3) is 0 Å². The van der Waals surface area contributed by atoms with Crippen LogP contribution in [-0.4, -0.2) is 22.2 Å². The number of benzene rings is 2. The van der Waals surface area contributed by atoms with Gasteiger partial charge in [-0.3, -0.25) is 4.79 Å². The first-order valence-electron chi connectivity index (χ1n) is 7.52. The third-order valence-corrected chi connectivity index (χ3v) is 3.54. The molecule has 5 nitrogen and oxygen atoms in total. The normalized spacial score (nSPS) is 10.4. The van der Waals surface area contributed by atoms with Gasteiger partial charge in [-0.15, -0.1) is 0 Å². The van der Waals surface area contributed by atoms with E-state index in [1.807, 2.05) is 37.4 Å². The standard InChI is InChI=1S/C18H17FN4O/c1-13-6-7-16(23-9-3-8-21-23)11-17(13)20-12-18(24)22-15-5-2-4-14(19)10-15/h2-11,20H,12H2,1H3,(H,22,24). The van der Waals surface area contributed by atoms with E-state index in [0.29, 0.717) is 5.69 Å². The highest BCUT2D eigenvalue weighted by Gasteiger charge is 2.06. The topological polar surface area (TPSA) is 59.0 Å². The summed E-state index contributed by atoms with van der Waals surface area (Å²) in [6, 6.07) is 13.5. The molecule has 1 amide bonds. The van der Waals surface area contributed by atoms with Crippen molar-refractivity contribution in [3.8, 4) is 5.69 Å². The molecule has 2 N–H and O–H groups in total. The number of carbonyl (C=O) groups is 1. The highest BCUT2D eigenvalue weighted by atomic mass is 19.1. The van der Waals surface area contributed by atoms with Crippen LogP contribution in [0.5, 0.6) is 0 Å². The summed E-state index contributed by atoms with van der Waals surface area (Å²) in [7, 11) is 0. The number of nitrogens with one attached hydrogen (secondary N) is 2. The Kier molecular flexibility index (Phi) is 4.56. The number of hydrogen-bond donors (Lipinski definition) is 2. The van der Waals surface area contributed by atoms with Gasteiger partial charge in [-0.05, 0) is 48.9 Å². The molecule has 1 aromatic heterocycles. The second kappa shape index (κ2) is 6.95. The molecule has 1 heterocycles. The number of anilines is 2. The Balaban J connectivity index is 1.65. The molecule has 2 aromatic carbocycles. The maximum absolute atomic E-state index is 13.1. The summed E-state index contributed by atoms with van der Waals surface area (Å²) < 4.78 is 14.9. The number of carbonyl (C=O) groups excluding carboxylic acids is 1. The third-order valence-electron chi connectivity index (χ3n) is 3.54. The van der Waals surface area contributed by atoms with Crippen molar-refractivity contribution in [1.29, 1.82) is 0 Å². The summed E-state index contributed by atoms with van der Waals surface area (Å²) in [4.78, 5) is 12.0. The zero-order valence-corrected chi connectivity index (χ0v) is 13.2. The first kappa shape index (κ1) is 15.7. The Labute approximate surface area is 139 Å². The van der Waals surface area contributed by atoms with E-state index in [9.17, 15) is 9.18 Å². The number of aryl methyl sites for hydroxylation is 1. The lowest BCUT2D eigenvalue weighted by Crippen LogP contribution is -2.22. The Hall–Kier alpha value is -3.15. The molecule has 0 saturated carbocycles. The quantitative estimate of drug-likeness (QED) is 0.756. The van der Waals surface area contributed by atoms with Gasteiger partial charge in [-0.25, -0.2) is 9.07 Å². The Bertz CT molecular complexity index is 846. The van der Waals surface area contributed by atoms with E-state index in [0.717, 1.165) is 16.9 Å². The molecule has 0 atom stereocenters. The van der Waals surface area contributed by atoms with Crippen LogP contribution >= 0.6 is 0 Å². The fourth-order valence-corrected chi connectivity index (χ4v) is 2.31. The SMILES string of the molecule is Cc1ccc(-n2cccn2)cc1NCC(=O)Nc1cccc(F)c1. The molecule has 0 aliphatic rings. The number of rotatable bonds is 5. The highest BCUT2D eigenvalue weighted by molar-refractivity contribution is 5.93. The highest BCUT2D eigenvalue weighted by Crippen LogP contribution is 2.19. The first-order chi connectivity index (χ1) is 11.6. The lowest BCUT2D eigenvalue weighted by molar-refractivity contribution is -0.114. The van der Waals surface area contributed by atoms with Gasteiger partial charge in [0.2, 0.25) is 5.91 Å². The number of aromatic nitrogens is 2. The van der Waals surface area contributed by atoms with E-state index in [4.69, 9.17) is 0 Å². The molecule has 3 aromatic rings. The van der Waals surface area contributed by atoms with E-state index < -0.39 is 0 Å². The first-order valence-corrected chi connectivity index (χ1v) is 7.52. The fraction of sp³-hybridized carbons (Fsp3) is 0.111. The monoisotopic (exact) mass is 324 g/mol. The zero-order chi connectivity index (χ0) is 16.9. The summed E-state index contributed by atoms with van der Waals surface area (Å²) in [5, 5.41) is 9.95.